The van der Waals surface area contributed by atoms with Gasteiger partial charge in [-0.1, -0.05) is 61.7 Å². The van der Waals surface area contributed by atoms with E-state index in [0.29, 0.717) is 58.5 Å². The lowest BCUT2D eigenvalue weighted by Crippen LogP contribution is -2.10. The molecule has 1 N–H and O–H groups in total. The maximum atomic E-state index is 12.6. The molecule has 42 heavy (non-hydrogen) atoms. The Balaban J connectivity index is 1.56. The molecule has 0 radical (unpaired) electrons. The maximum absolute atomic E-state index is 12.6. The van der Waals surface area contributed by atoms with Gasteiger partial charge in [-0.15, -0.1) is 0 Å². The van der Waals surface area contributed by atoms with E-state index in [1.54, 1.807) is 24.5 Å². The topological polar surface area (TPSA) is 97.1 Å². The van der Waals surface area contributed by atoms with Crippen molar-refractivity contribution in [3.63, 3.8) is 0 Å². The zero-order valence-corrected chi connectivity index (χ0v) is 24.5. The van der Waals surface area contributed by atoms with Crippen molar-refractivity contribution in [1.29, 1.82) is 5.26 Å². The van der Waals surface area contributed by atoms with Crippen LogP contribution in [0.5, 0.6) is 11.5 Å². The molecular formula is C34H33ClN4O3. The number of aromatic nitrogens is 2. The second-order valence-electron chi connectivity index (χ2n) is 9.51. The number of unbranched alkanes of at least 4 members (excludes halogenated alkanes) is 2. The SMILES string of the molecule is CCCCC=CC(=O)Nc1cc2c(C=CCc3ccc(OCc4ccccn4)c(Cl)c3)c(C#N)cnc2cc1OCC. The van der Waals surface area contributed by atoms with Crippen molar-refractivity contribution in [3.8, 4) is 17.6 Å². The minimum Gasteiger partial charge on any atom is -0.492 e. The Bertz CT molecular complexity index is 1630. The number of pyridine rings is 2. The molecule has 8 heteroatoms. The van der Waals surface area contributed by atoms with Gasteiger partial charge < -0.3 is 14.8 Å². The lowest BCUT2D eigenvalue weighted by molar-refractivity contribution is -0.111. The predicted molar refractivity (Wildman–Crippen MR) is 168 cm³/mol. The average Bonchev–Trinajstić information content (AvgIpc) is 3.00. The smallest absolute Gasteiger partial charge is 0.248 e. The lowest BCUT2D eigenvalue weighted by atomic mass is 10.0. The molecule has 0 bridgehead atoms. The van der Waals surface area contributed by atoms with Crippen LogP contribution in [-0.4, -0.2) is 22.5 Å². The monoisotopic (exact) mass is 580 g/mol. The molecular weight excluding hydrogens is 548 g/mol. The first-order valence-corrected chi connectivity index (χ1v) is 14.3. The van der Waals surface area contributed by atoms with Gasteiger partial charge in [-0.05, 0) is 61.7 Å². The van der Waals surface area contributed by atoms with Gasteiger partial charge in [0.15, 0.2) is 0 Å². The summed E-state index contributed by atoms with van der Waals surface area (Å²) in [6, 6.07) is 17.2. The van der Waals surface area contributed by atoms with E-state index in [-0.39, 0.29) is 5.91 Å². The molecule has 214 valence electrons. The number of nitrogens with zero attached hydrogens (tertiary/aromatic N) is 3. The van der Waals surface area contributed by atoms with Gasteiger partial charge in [-0.3, -0.25) is 14.8 Å². The summed E-state index contributed by atoms with van der Waals surface area (Å²) in [5, 5.41) is 14.0. The minimum atomic E-state index is -0.239. The van der Waals surface area contributed by atoms with Crippen molar-refractivity contribution in [3.05, 3.63) is 107 Å². The van der Waals surface area contributed by atoms with Gasteiger partial charge in [0.05, 0.1) is 34.1 Å². The highest BCUT2D eigenvalue weighted by Crippen LogP contribution is 2.33. The standard InChI is InChI=1S/C34H33ClN4O3/c1-3-5-6-7-14-34(40)39-31-19-28-27(25(21-36)22-38-30(28)20-33(31)41-4-2)13-10-11-24-15-16-32(29(35)18-24)42-23-26-12-8-9-17-37-26/h7-10,12-20,22H,3-6,11,23H2,1-2H3,(H,39,40). The molecule has 2 aromatic heterocycles. The van der Waals surface area contributed by atoms with Crippen molar-refractivity contribution in [2.45, 2.75) is 46.1 Å². The second-order valence-corrected chi connectivity index (χ2v) is 9.92. The van der Waals surface area contributed by atoms with Gasteiger partial charge in [-0.25, -0.2) is 0 Å². The molecule has 2 aromatic carbocycles. The number of anilines is 1. The number of carbonyl (C=O) groups is 1. The number of fused-ring (bicyclic) bond motifs is 1. The Morgan fingerprint density at radius 1 is 1.07 bits per heavy atom. The number of nitriles is 1. The first-order chi connectivity index (χ1) is 20.5. The molecule has 1 amide bonds. The van der Waals surface area contributed by atoms with Crippen LogP contribution in [0, 0.1) is 11.3 Å². The first-order valence-electron chi connectivity index (χ1n) is 14.0. The molecule has 4 aromatic rings. The van der Waals surface area contributed by atoms with Gasteiger partial charge in [-0.2, -0.15) is 5.26 Å². The molecule has 0 aliphatic carbocycles. The van der Waals surface area contributed by atoms with Crippen molar-refractivity contribution >= 4 is 40.2 Å². The van der Waals surface area contributed by atoms with E-state index in [9.17, 15) is 10.1 Å². The van der Waals surface area contributed by atoms with Crippen molar-refractivity contribution in [2.75, 3.05) is 11.9 Å². The molecule has 0 saturated carbocycles. The van der Waals surface area contributed by atoms with Gasteiger partial charge in [0.2, 0.25) is 5.91 Å². The molecule has 7 nitrogen and oxygen atoms in total. The number of allylic oxidation sites excluding steroid dienone is 2. The third kappa shape index (κ3) is 8.18. The molecule has 2 heterocycles. The van der Waals surface area contributed by atoms with Crippen LogP contribution < -0.4 is 14.8 Å². The van der Waals surface area contributed by atoms with Crippen LogP contribution >= 0.6 is 11.6 Å². The number of hydrogen-bond donors (Lipinski definition) is 1. The Labute approximate surface area is 251 Å². The number of ether oxygens (including phenoxy) is 2. The Morgan fingerprint density at radius 3 is 2.69 bits per heavy atom. The van der Waals surface area contributed by atoms with Crippen molar-refractivity contribution in [1.82, 2.24) is 9.97 Å². The molecule has 4 rings (SSSR count). The number of rotatable bonds is 13. The number of carbonyl (C=O) groups excluding carboxylic acids is 1. The predicted octanol–water partition coefficient (Wildman–Crippen LogP) is 8.07. The van der Waals surface area contributed by atoms with Crippen LogP contribution in [0.1, 0.15) is 55.5 Å². The van der Waals surface area contributed by atoms with E-state index in [2.05, 4.69) is 28.3 Å². The van der Waals surface area contributed by atoms with Gasteiger partial charge in [0.1, 0.15) is 24.2 Å². The van der Waals surface area contributed by atoms with Crippen molar-refractivity contribution < 1.29 is 14.3 Å². The second kappa shape index (κ2) is 15.4. The molecule has 0 fully saturated rings. The molecule has 0 atom stereocenters. The van der Waals surface area contributed by atoms with E-state index in [1.165, 1.54) is 0 Å². The normalized spacial score (nSPS) is 11.2. The van der Waals surface area contributed by atoms with Crippen LogP contribution in [0.3, 0.4) is 0 Å². The highest BCUT2D eigenvalue weighted by atomic mass is 35.5. The maximum Gasteiger partial charge on any atom is 0.248 e. The van der Waals surface area contributed by atoms with Gasteiger partial charge in [0, 0.05) is 29.4 Å². The molecule has 0 spiro atoms. The Kier molecular flexibility index (Phi) is 11.1. The Hall–Kier alpha value is -4.67. The van der Waals surface area contributed by atoms with Gasteiger partial charge >= 0.3 is 0 Å². The fourth-order valence-electron chi connectivity index (χ4n) is 4.30. The van der Waals surface area contributed by atoms with E-state index < -0.39 is 0 Å². The van der Waals surface area contributed by atoms with Crippen LogP contribution in [0.25, 0.3) is 17.0 Å². The number of amides is 1. The Morgan fingerprint density at radius 2 is 1.95 bits per heavy atom. The lowest BCUT2D eigenvalue weighted by Gasteiger charge is -2.14. The number of benzene rings is 2. The quantitative estimate of drug-likeness (QED) is 0.127. The summed E-state index contributed by atoms with van der Waals surface area (Å²) in [6.45, 7) is 4.75. The summed E-state index contributed by atoms with van der Waals surface area (Å²) < 4.78 is 11.6. The number of halogens is 1. The molecule has 0 saturated heterocycles. The highest BCUT2D eigenvalue weighted by molar-refractivity contribution is 6.32. The summed E-state index contributed by atoms with van der Waals surface area (Å²) in [4.78, 5) is 21.3. The van der Waals surface area contributed by atoms with Crippen LogP contribution in [0.2, 0.25) is 5.02 Å². The number of hydrogen-bond acceptors (Lipinski definition) is 6. The summed E-state index contributed by atoms with van der Waals surface area (Å²) in [6.07, 6.45) is 14.1. The minimum absolute atomic E-state index is 0.239. The summed E-state index contributed by atoms with van der Waals surface area (Å²) >= 11 is 6.49. The summed E-state index contributed by atoms with van der Waals surface area (Å²) in [5.41, 5.74) is 4.12. The third-order valence-electron chi connectivity index (χ3n) is 6.42. The zero-order valence-electron chi connectivity index (χ0n) is 23.8. The third-order valence-corrected chi connectivity index (χ3v) is 6.71. The van der Waals surface area contributed by atoms with Crippen LogP contribution in [0.4, 0.5) is 5.69 Å². The zero-order chi connectivity index (χ0) is 29.7. The van der Waals surface area contributed by atoms with Crippen LogP contribution in [0.15, 0.2) is 79.2 Å². The van der Waals surface area contributed by atoms with E-state index in [1.807, 2.05) is 67.6 Å². The van der Waals surface area contributed by atoms with E-state index in [0.717, 1.165) is 35.9 Å². The van der Waals surface area contributed by atoms with Gasteiger partial charge in [0.25, 0.3) is 0 Å². The number of nitrogens with one attached hydrogen (secondary N) is 1. The fourth-order valence-corrected chi connectivity index (χ4v) is 4.56. The van der Waals surface area contributed by atoms with E-state index >= 15 is 0 Å². The fraction of sp³-hybridized carbons (Fsp3) is 0.235. The summed E-state index contributed by atoms with van der Waals surface area (Å²) in [7, 11) is 0. The van der Waals surface area contributed by atoms with E-state index in [4.69, 9.17) is 21.1 Å². The molecule has 0 aliphatic heterocycles. The van der Waals surface area contributed by atoms with Crippen molar-refractivity contribution in [2.24, 2.45) is 0 Å². The summed E-state index contributed by atoms with van der Waals surface area (Å²) in [5.74, 6) is 0.867. The largest absolute Gasteiger partial charge is 0.492 e. The highest BCUT2D eigenvalue weighted by Gasteiger charge is 2.14. The van der Waals surface area contributed by atoms with Crippen LogP contribution in [-0.2, 0) is 17.8 Å². The first kappa shape index (κ1) is 30.3. The molecule has 0 aliphatic rings. The average molecular weight is 581 g/mol. The molecule has 0 unspecified atom stereocenters.